The molecular weight excluding hydrogens is 367 g/mol. The summed E-state index contributed by atoms with van der Waals surface area (Å²) in [6, 6.07) is 14.5. The Morgan fingerprint density at radius 3 is 2.62 bits per heavy atom. The lowest BCUT2D eigenvalue weighted by molar-refractivity contribution is 0.248. The van der Waals surface area contributed by atoms with Crippen LogP contribution in [0.2, 0.25) is 0 Å². The van der Waals surface area contributed by atoms with E-state index in [0.29, 0.717) is 0 Å². The Bertz CT molecular complexity index is 1120. The first-order chi connectivity index (χ1) is 14.3. The number of aromatic nitrogens is 4. The van der Waals surface area contributed by atoms with E-state index < -0.39 is 0 Å². The average Bonchev–Trinajstić information content (AvgIpc) is 3.23. The largest absolute Gasteiger partial charge is 0.354 e. The van der Waals surface area contributed by atoms with Gasteiger partial charge in [-0.15, -0.1) is 0 Å². The molecule has 5 rings (SSSR count). The number of hydrogen-bond acceptors (Lipinski definition) is 5. The lowest BCUT2D eigenvalue weighted by Gasteiger charge is -2.36. The summed E-state index contributed by atoms with van der Waals surface area (Å²) in [5.74, 6) is 0.725. The van der Waals surface area contributed by atoms with Crippen LogP contribution in [-0.4, -0.2) is 50.7 Å². The minimum atomic E-state index is -0.261. The van der Waals surface area contributed by atoms with Crippen molar-refractivity contribution in [2.45, 2.75) is 6.54 Å². The maximum absolute atomic E-state index is 13.7. The van der Waals surface area contributed by atoms with Gasteiger partial charge in [-0.2, -0.15) is 9.61 Å². The molecule has 0 radical (unpaired) electrons. The third-order valence-electron chi connectivity index (χ3n) is 5.29. The number of fused-ring (bicyclic) bond motifs is 1. The van der Waals surface area contributed by atoms with Crippen molar-refractivity contribution in [1.82, 2.24) is 24.5 Å². The monoisotopic (exact) mass is 388 g/mol. The molecule has 1 aromatic carbocycles. The Hall–Kier alpha value is -3.32. The van der Waals surface area contributed by atoms with Crippen LogP contribution in [0.25, 0.3) is 16.9 Å². The molecule has 0 unspecified atom stereocenters. The lowest BCUT2D eigenvalue weighted by Crippen LogP contribution is -2.46. The van der Waals surface area contributed by atoms with Gasteiger partial charge in [0, 0.05) is 62.8 Å². The van der Waals surface area contributed by atoms with E-state index in [1.807, 2.05) is 35.0 Å². The van der Waals surface area contributed by atoms with Crippen LogP contribution in [0.1, 0.15) is 5.56 Å². The summed E-state index contributed by atoms with van der Waals surface area (Å²) in [5.41, 5.74) is 3.52. The molecule has 4 heterocycles. The molecule has 0 saturated carbocycles. The van der Waals surface area contributed by atoms with Crippen LogP contribution in [0.3, 0.4) is 0 Å². The number of rotatable bonds is 4. The Balaban J connectivity index is 1.40. The fourth-order valence-electron chi connectivity index (χ4n) is 3.80. The zero-order valence-electron chi connectivity index (χ0n) is 15.9. The highest BCUT2D eigenvalue weighted by Crippen LogP contribution is 2.26. The maximum Gasteiger partial charge on any atom is 0.157 e. The van der Waals surface area contributed by atoms with E-state index in [1.165, 1.54) is 17.7 Å². The van der Waals surface area contributed by atoms with E-state index in [0.717, 1.165) is 55.4 Å². The number of piperazine rings is 1. The van der Waals surface area contributed by atoms with E-state index in [2.05, 4.69) is 30.9 Å². The minimum absolute atomic E-state index is 0.261. The number of anilines is 1. The van der Waals surface area contributed by atoms with Crippen molar-refractivity contribution in [2.75, 3.05) is 31.1 Å². The van der Waals surface area contributed by atoms with E-state index >= 15 is 0 Å². The molecule has 1 aliphatic rings. The van der Waals surface area contributed by atoms with Crippen molar-refractivity contribution in [3.63, 3.8) is 0 Å². The number of hydrogen-bond donors (Lipinski definition) is 0. The van der Waals surface area contributed by atoms with Gasteiger partial charge in [0.25, 0.3) is 0 Å². The fraction of sp³-hybridized carbons (Fsp3) is 0.227. The van der Waals surface area contributed by atoms with E-state index in [-0.39, 0.29) is 5.82 Å². The van der Waals surface area contributed by atoms with Crippen molar-refractivity contribution >= 4 is 11.5 Å². The molecule has 3 aromatic heterocycles. The standard InChI is InChI=1S/C22H21FN6/c23-19-5-1-4-18(13-19)20-14-22(29-21(26-20)6-8-25-29)28-11-9-27(10-12-28)16-17-3-2-7-24-15-17/h1-8,13-15H,9-12,16H2. The summed E-state index contributed by atoms with van der Waals surface area (Å²) in [5, 5.41) is 4.45. The molecule has 0 aliphatic carbocycles. The lowest BCUT2D eigenvalue weighted by atomic mass is 10.1. The van der Waals surface area contributed by atoms with Gasteiger partial charge in [-0.1, -0.05) is 18.2 Å². The molecule has 0 amide bonds. The van der Waals surface area contributed by atoms with Gasteiger partial charge >= 0.3 is 0 Å². The zero-order valence-corrected chi connectivity index (χ0v) is 15.9. The smallest absolute Gasteiger partial charge is 0.157 e. The highest BCUT2D eigenvalue weighted by Gasteiger charge is 2.21. The SMILES string of the molecule is Fc1cccc(-c2cc(N3CCN(Cc4cccnc4)CC3)n3nccc3n2)c1. The molecule has 0 spiro atoms. The molecule has 4 aromatic rings. The Morgan fingerprint density at radius 2 is 1.83 bits per heavy atom. The highest BCUT2D eigenvalue weighted by molar-refractivity contribution is 5.67. The summed E-state index contributed by atoms with van der Waals surface area (Å²) in [7, 11) is 0. The van der Waals surface area contributed by atoms with Crippen LogP contribution < -0.4 is 4.90 Å². The van der Waals surface area contributed by atoms with Crippen LogP contribution in [0.5, 0.6) is 0 Å². The molecule has 29 heavy (non-hydrogen) atoms. The molecule has 146 valence electrons. The van der Waals surface area contributed by atoms with Gasteiger partial charge in [0.05, 0.1) is 11.9 Å². The molecule has 1 fully saturated rings. The Labute approximate surface area is 168 Å². The predicted molar refractivity (Wildman–Crippen MR) is 110 cm³/mol. The first kappa shape index (κ1) is 17.8. The third-order valence-corrected chi connectivity index (χ3v) is 5.29. The van der Waals surface area contributed by atoms with Gasteiger partial charge in [0.2, 0.25) is 0 Å². The van der Waals surface area contributed by atoms with Crippen LogP contribution in [-0.2, 0) is 6.54 Å². The van der Waals surface area contributed by atoms with Gasteiger partial charge < -0.3 is 4.90 Å². The van der Waals surface area contributed by atoms with Gasteiger partial charge in [-0.3, -0.25) is 9.88 Å². The molecule has 1 saturated heterocycles. The topological polar surface area (TPSA) is 49.6 Å². The Morgan fingerprint density at radius 1 is 0.931 bits per heavy atom. The second-order valence-electron chi connectivity index (χ2n) is 7.24. The number of nitrogens with zero attached hydrogens (tertiary/aromatic N) is 6. The summed E-state index contributed by atoms with van der Waals surface area (Å²) < 4.78 is 15.6. The highest BCUT2D eigenvalue weighted by atomic mass is 19.1. The van der Waals surface area contributed by atoms with Crippen molar-refractivity contribution in [1.29, 1.82) is 0 Å². The first-order valence-corrected chi connectivity index (χ1v) is 9.73. The Kier molecular flexibility index (Phi) is 4.65. The van der Waals surface area contributed by atoms with Gasteiger partial charge in [0.15, 0.2) is 5.65 Å². The summed E-state index contributed by atoms with van der Waals surface area (Å²) >= 11 is 0. The molecule has 6 nitrogen and oxygen atoms in total. The van der Waals surface area contributed by atoms with Crippen LogP contribution in [0.15, 0.2) is 67.1 Å². The molecule has 0 bridgehead atoms. The normalized spacial score (nSPS) is 15.1. The third kappa shape index (κ3) is 3.69. The number of pyridine rings is 1. The second-order valence-corrected chi connectivity index (χ2v) is 7.24. The van der Waals surface area contributed by atoms with E-state index in [4.69, 9.17) is 0 Å². The van der Waals surface area contributed by atoms with Gasteiger partial charge in [0.1, 0.15) is 11.6 Å². The fourth-order valence-corrected chi connectivity index (χ4v) is 3.80. The summed E-state index contributed by atoms with van der Waals surface area (Å²) in [6.07, 6.45) is 5.48. The van der Waals surface area contributed by atoms with Crippen molar-refractivity contribution in [2.24, 2.45) is 0 Å². The predicted octanol–water partition coefficient (Wildman–Crippen LogP) is 3.25. The summed E-state index contributed by atoms with van der Waals surface area (Å²) in [4.78, 5) is 13.6. The van der Waals surface area contributed by atoms with Gasteiger partial charge in [-0.25, -0.2) is 9.37 Å². The second kappa shape index (κ2) is 7.60. The number of benzene rings is 1. The number of halogens is 1. The van der Waals surface area contributed by atoms with Crippen LogP contribution in [0.4, 0.5) is 10.2 Å². The van der Waals surface area contributed by atoms with Crippen molar-refractivity contribution in [3.05, 3.63) is 78.5 Å². The van der Waals surface area contributed by atoms with Crippen LogP contribution in [0, 0.1) is 5.82 Å². The van der Waals surface area contributed by atoms with Crippen LogP contribution >= 0.6 is 0 Å². The molecule has 0 N–H and O–H groups in total. The maximum atomic E-state index is 13.7. The quantitative estimate of drug-likeness (QED) is 0.537. The molecule has 0 atom stereocenters. The molecule has 7 heteroatoms. The van der Waals surface area contributed by atoms with Crippen molar-refractivity contribution < 1.29 is 4.39 Å². The van der Waals surface area contributed by atoms with E-state index in [1.54, 1.807) is 18.5 Å². The van der Waals surface area contributed by atoms with E-state index in [9.17, 15) is 4.39 Å². The van der Waals surface area contributed by atoms with Crippen molar-refractivity contribution in [3.8, 4) is 11.3 Å². The first-order valence-electron chi connectivity index (χ1n) is 9.73. The average molecular weight is 388 g/mol. The minimum Gasteiger partial charge on any atom is -0.354 e. The molecular formula is C22H21FN6. The summed E-state index contributed by atoms with van der Waals surface area (Å²) in [6.45, 7) is 4.60. The van der Waals surface area contributed by atoms with Gasteiger partial charge in [-0.05, 0) is 23.8 Å². The molecule has 1 aliphatic heterocycles. The zero-order chi connectivity index (χ0) is 19.6.